The molecule has 1 fully saturated rings. The molecule has 1 unspecified atom stereocenters. The molecule has 0 saturated heterocycles. The van der Waals surface area contributed by atoms with Gasteiger partial charge in [0.1, 0.15) is 0 Å². The minimum atomic E-state index is -2.59. The normalized spacial score (nSPS) is 19.2. The maximum atomic E-state index is 13.1. The summed E-state index contributed by atoms with van der Waals surface area (Å²) >= 11 is 0.935. The van der Waals surface area contributed by atoms with Gasteiger partial charge >= 0.3 is 210 Å². The molecule has 0 radical (unpaired) electrons. The van der Waals surface area contributed by atoms with Gasteiger partial charge in [-0.15, -0.1) is 0 Å². The summed E-state index contributed by atoms with van der Waals surface area (Å²) in [4.78, 5) is 5.59. The van der Waals surface area contributed by atoms with Gasteiger partial charge in [0.2, 0.25) is 0 Å². The second-order valence-corrected chi connectivity index (χ2v) is 14.1. The molecule has 1 atom stereocenters. The molecule has 2 aliphatic rings. The maximum absolute atomic E-state index is 13.1. The first-order valence-corrected chi connectivity index (χ1v) is 14.9. The Morgan fingerprint density at radius 3 is 2.71 bits per heavy atom. The molecule has 12 heteroatoms. The van der Waals surface area contributed by atoms with E-state index in [1.807, 2.05) is 28.8 Å². The predicted molar refractivity (Wildman–Crippen MR) is 132 cm³/mol. The number of hydrogen-bond donors (Lipinski definition) is 1. The van der Waals surface area contributed by atoms with Gasteiger partial charge in [0.05, 0.1) is 0 Å². The molecule has 1 aliphatic heterocycles. The Kier molecular flexibility index (Phi) is 6.82. The number of aromatic nitrogens is 4. The predicted octanol–water partition coefficient (Wildman–Crippen LogP) is 4.10. The van der Waals surface area contributed by atoms with Gasteiger partial charge in [-0.2, -0.15) is 0 Å². The van der Waals surface area contributed by atoms with Crippen molar-refractivity contribution < 1.29 is 13.0 Å². The number of imidazole rings is 1. The van der Waals surface area contributed by atoms with E-state index in [9.17, 15) is 13.0 Å². The fraction of sp³-hybridized carbons (Fsp3) is 0.500. The zero-order chi connectivity index (χ0) is 24.0. The fourth-order valence-corrected chi connectivity index (χ4v) is 7.23. The first kappa shape index (κ1) is 24.3. The molecular formula is C22H26F2N6OS2Se. The molecule has 5 rings (SSSR count). The van der Waals surface area contributed by atoms with Crippen molar-refractivity contribution in [3.8, 4) is 10.4 Å². The molecule has 3 aromatic rings. The van der Waals surface area contributed by atoms with Crippen LogP contribution in [0.1, 0.15) is 56.6 Å². The van der Waals surface area contributed by atoms with Crippen molar-refractivity contribution in [2.75, 3.05) is 13.1 Å². The molecule has 7 nitrogen and oxygen atoms in total. The topological polar surface area (TPSA) is 75.4 Å². The number of hydrogen-bond acceptors (Lipinski definition) is 6. The van der Waals surface area contributed by atoms with Crippen molar-refractivity contribution in [3.05, 3.63) is 34.7 Å². The number of nitrogens with zero attached hydrogens (tertiary/aromatic N) is 5. The molecule has 3 aromatic heterocycles. The van der Waals surface area contributed by atoms with Crippen molar-refractivity contribution in [3.63, 3.8) is 0 Å². The van der Waals surface area contributed by atoms with E-state index < -0.39 is 31.9 Å². The summed E-state index contributed by atoms with van der Waals surface area (Å²) in [6.07, 6.45) is 6.39. The Hall–Kier alpha value is -1.43. The number of fused-ring (bicyclic) bond motifs is 1. The van der Waals surface area contributed by atoms with E-state index >= 15 is 0 Å². The molecule has 0 bridgehead atoms. The molecule has 1 N–H and O–H groups in total. The fourth-order valence-electron chi connectivity index (χ4n) is 3.78. The van der Waals surface area contributed by atoms with Gasteiger partial charge in [-0.3, -0.25) is 0 Å². The number of pyridine rings is 1. The van der Waals surface area contributed by atoms with Gasteiger partial charge in [-0.25, -0.2) is 0 Å². The Labute approximate surface area is 209 Å². The molecule has 0 aromatic carbocycles. The third-order valence-corrected chi connectivity index (χ3v) is 10.7. The summed E-state index contributed by atoms with van der Waals surface area (Å²) in [6.45, 7) is 7.49. The van der Waals surface area contributed by atoms with Gasteiger partial charge < -0.3 is 0 Å². The summed E-state index contributed by atoms with van der Waals surface area (Å²) in [7, 11) is -1.00. The van der Waals surface area contributed by atoms with Gasteiger partial charge in [0, 0.05) is 0 Å². The van der Waals surface area contributed by atoms with Crippen LogP contribution in [0.2, 0.25) is 0 Å². The van der Waals surface area contributed by atoms with Crippen LogP contribution < -0.4 is 4.72 Å². The SMILES string of the molecule is CC(C)S(=O)N1CC=C(c2cc(SNC3(C)CC3)cn3c(-c4nnc(C(F)F)[se]4)ncc23)CC1. The van der Waals surface area contributed by atoms with Crippen LogP contribution >= 0.6 is 11.9 Å². The number of halogens is 2. The molecular weight excluding hydrogens is 545 g/mol. The van der Waals surface area contributed by atoms with Crippen LogP contribution in [0.25, 0.3) is 21.5 Å². The van der Waals surface area contributed by atoms with E-state index in [-0.39, 0.29) is 15.4 Å². The third-order valence-electron chi connectivity index (χ3n) is 6.03. The third kappa shape index (κ3) is 4.94. The van der Waals surface area contributed by atoms with Crippen LogP contribution in [0.5, 0.6) is 0 Å². The zero-order valence-corrected chi connectivity index (χ0v) is 22.5. The van der Waals surface area contributed by atoms with Crippen LogP contribution in [0.15, 0.2) is 29.4 Å². The average Bonchev–Trinajstić information content (AvgIpc) is 3.20. The summed E-state index contributed by atoms with van der Waals surface area (Å²) in [5.74, 6) is 0.565. The monoisotopic (exact) mass is 572 g/mol. The summed E-state index contributed by atoms with van der Waals surface area (Å²) < 4.78 is 46.6. The molecule has 4 heterocycles. The number of alkyl halides is 2. The van der Waals surface area contributed by atoms with Crippen molar-refractivity contribution in [1.29, 1.82) is 0 Å². The minimum absolute atomic E-state index is 0.0862. The van der Waals surface area contributed by atoms with E-state index in [1.165, 1.54) is 5.57 Å². The van der Waals surface area contributed by atoms with Gasteiger partial charge in [-0.05, 0) is 0 Å². The van der Waals surface area contributed by atoms with Gasteiger partial charge in [0.25, 0.3) is 0 Å². The Bertz CT molecular complexity index is 1270. The molecule has 34 heavy (non-hydrogen) atoms. The first-order valence-electron chi connectivity index (χ1n) is 11.2. The van der Waals surface area contributed by atoms with Crippen LogP contribution in [-0.4, -0.2) is 66.5 Å². The second kappa shape index (κ2) is 9.55. The van der Waals surface area contributed by atoms with Crippen molar-refractivity contribution in [1.82, 2.24) is 28.6 Å². The van der Waals surface area contributed by atoms with Crippen molar-refractivity contribution in [2.24, 2.45) is 0 Å². The van der Waals surface area contributed by atoms with Gasteiger partial charge in [0.15, 0.2) is 0 Å². The Morgan fingerprint density at radius 1 is 1.29 bits per heavy atom. The van der Waals surface area contributed by atoms with Crippen LogP contribution in [0.3, 0.4) is 0 Å². The quantitative estimate of drug-likeness (QED) is 0.324. The average molecular weight is 572 g/mol. The number of nitrogens with one attached hydrogen (secondary N) is 1. The van der Waals surface area contributed by atoms with Crippen LogP contribution in [0.4, 0.5) is 8.78 Å². The van der Waals surface area contributed by atoms with Crippen molar-refractivity contribution >= 4 is 48.5 Å². The Morgan fingerprint density at radius 2 is 2.09 bits per heavy atom. The van der Waals surface area contributed by atoms with Crippen LogP contribution in [-0.2, 0) is 11.0 Å². The van der Waals surface area contributed by atoms with Gasteiger partial charge in [-0.1, -0.05) is 0 Å². The van der Waals surface area contributed by atoms with E-state index in [0.717, 1.165) is 41.8 Å². The molecule has 182 valence electrons. The molecule has 0 amide bonds. The van der Waals surface area contributed by atoms with E-state index in [0.29, 0.717) is 16.9 Å². The van der Waals surface area contributed by atoms with E-state index in [4.69, 9.17) is 0 Å². The van der Waals surface area contributed by atoms with Crippen LogP contribution in [0, 0.1) is 0 Å². The summed E-state index contributed by atoms with van der Waals surface area (Å²) in [5.41, 5.74) is 3.30. The second-order valence-electron chi connectivity index (χ2n) is 9.13. The van der Waals surface area contributed by atoms with Crippen molar-refractivity contribution in [2.45, 2.75) is 62.1 Å². The molecule has 1 aliphatic carbocycles. The molecule has 0 spiro atoms. The summed E-state index contributed by atoms with van der Waals surface area (Å²) in [5, 5.41) is 7.82. The zero-order valence-electron chi connectivity index (χ0n) is 19.1. The molecule has 1 saturated carbocycles. The van der Waals surface area contributed by atoms with E-state index in [2.05, 4.69) is 39.0 Å². The standard InChI is InChI=1S/C22H26F2N6OS2Se/c1-13(2)33(31)29-8-4-14(5-9-29)16-10-15(32-28-22(3)6-7-22)12-30-17(16)11-25-19(30)21-27-26-20(34-21)18(23)24/h4,10-13,18,28H,5-9H2,1-3H3. The van der Waals surface area contributed by atoms with E-state index in [1.54, 1.807) is 18.1 Å². The Balaban J connectivity index is 1.53. The number of rotatable bonds is 8. The summed E-state index contributed by atoms with van der Waals surface area (Å²) in [6, 6.07) is 2.16. The first-order chi connectivity index (χ1) is 16.2.